The van der Waals surface area contributed by atoms with Crippen LogP contribution in [0.25, 0.3) is 16.9 Å². The van der Waals surface area contributed by atoms with Crippen molar-refractivity contribution >= 4 is 17.5 Å². The van der Waals surface area contributed by atoms with Gasteiger partial charge in [-0.25, -0.2) is 9.37 Å². The molecular weight excluding hydrogens is 630 g/mol. The van der Waals surface area contributed by atoms with Crippen molar-refractivity contribution in [2.45, 2.75) is 71.6 Å². The molecule has 0 saturated carbocycles. The van der Waals surface area contributed by atoms with Gasteiger partial charge in [0.15, 0.2) is 0 Å². The first-order valence-electron chi connectivity index (χ1n) is 15.9. The van der Waals surface area contributed by atoms with Crippen molar-refractivity contribution in [2.24, 2.45) is 5.92 Å². The van der Waals surface area contributed by atoms with E-state index in [0.29, 0.717) is 46.2 Å². The zero-order chi connectivity index (χ0) is 34.9. The molecule has 1 aliphatic rings. The quantitative estimate of drug-likeness (QED) is 0.177. The topological polar surface area (TPSA) is 109 Å². The summed E-state index contributed by atoms with van der Waals surface area (Å²) < 4.78 is 59.1. The molecule has 1 aliphatic heterocycles. The normalized spacial score (nSPS) is 15.0. The van der Waals surface area contributed by atoms with Crippen molar-refractivity contribution in [3.8, 4) is 11.3 Å². The number of fused-ring (bicyclic) bond motifs is 1. The molecular formula is C35H39F4N5O4. The Labute approximate surface area is 275 Å². The van der Waals surface area contributed by atoms with Crippen molar-refractivity contribution in [3.63, 3.8) is 0 Å². The number of carbonyl (C=O) groups excluding carboxylic acids is 1. The minimum absolute atomic E-state index is 0.0438. The number of pyridine rings is 2. The predicted octanol–water partition coefficient (Wildman–Crippen LogP) is 6.11. The summed E-state index contributed by atoms with van der Waals surface area (Å²) in [6, 6.07) is 4.38. The monoisotopic (exact) mass is 669 g/mol. The average Bonchev–Trinajstić information content (AvgIpc) is 3.43. The van der Waals surface area contributed by atoms with E-state index in [1.807, 2.05) is 18.7 Å². The predicted molar refractivity (Wildman–Crippen MR) is 172 cm³/mol. The summed E-state index contributed by atoms with van der Waals surface area (Å²) in [6.07, 6.45) is 0.267. The number of halogens is 4. The molecule has 0 radical (unpaired) electrons. The van der Waals surface area contributed by atoms with E-state index in [-0.39, 0.29) is 24.3 Å². The van der Waals surface area contributed by atoms with Crippen LogP contribution < -0.4 is 10.9 Å². The number of nitrogens with zero attached hydrogens (tertiary/aromatic N) is 4. The molecule has 2 N–H and O–H groups in total. The van der Waals surface area contributed by atoms with E-state index in [2.05, 4.69) is 10.3 Å². The zero-order valence-electron chi connectivity index (χ0n) is 27.3. The number of nitrogens with one attached hydrogen (secondary N) is 1. The van der Waals surface area contributed by atoms with E-state index >= 15 is 0 Å². The van der Waals surface area contributed by atoms with Gasteiger partial charge in [0.2, 0.25) is 5.91 Å². The number of alkyl halides is 3. The molecule has 256 valence electrons. The number of carboxylic acids is 1. The molecule has 13 heteroatoms. The molecule has 3 aromatic heterocycles. The SMILES string of the molecule is Cc1cc(F)cc(C)c1-c1cc([C@@H](CC(=O)O)NC(=O)[C@@H](CC(C)C)n2cc(CCN3CCC3)c(C(F)(F)F)cc2=O)cc2nccn12. The summed E-state index contributed by atoms with van der Waals surface area (Å²) in [5.74, 6) is -2.46. The van der Waals surface area contributed by atoms with Gasteiger partial charge in [-0.1, -0.05) is 13.8 Å². The number of aryl methyl sites for hydroxylation is 2. The van der Waals surface area contributed by atoms with E-state index in [0.717, 1.165) is 30.3 Å². The van der Waals surface area contributed by atoms with Crippen LogP contribution in [0.5, 0.6) is 0 Å². The summed E-state index contributed by atoms with van der Waals surface area (Å²) in [7, 11) is 0. The van der Waals surface area contributed by atoms with Gasteiger partial charge in [0, 0.05) is 36.8 Å². The van der Waals surface area contributed by atoms with Crippen LogP contribution in [0.4, 0.5) is 17.6 Å². The second kappa shape index (κ2) is 13.9. The maximum Gasteiger partial charge on any atom is 0.416 e. The number of benzene rings is 1. The number of aromatic nitrogens is 3. The highest BCUT2D eigenvalue weighted by molar-refractivity contribution is 5.82. The van der Waals surface area contributed by atoms with Crippen LogP contribution in [-0.4, -0.2) is 55.5 Å². The molecule has 4 heterocycles. The van der Waals surface area contributed by atoms with Gasteiger partial charge in [-0.3, -0.25) is 18.8 Å². The lowest BCUT2D eigenvalue weighted by Crippen LogP contribution is -2.41. The first-order chi connectivity index (χ1) is 22.6. The Morgan fingerprint density at radius 2 is 1.75 bits per heavy atom. The highest BCUT2D eigenvalue weighted by Gasteiger charge is 2.36. The lowest BCUT2D eigenvalue weighted by atomic mass is 9.95. The van der Waals surface area contributed by atoms with E-state index in [1.54, 1.807) is 42.8 Å². The Balaban J connectivity index is 1.56. The van der Waals surface area contributed by atoms with E-state index in [9.17, 15) is 37.1 Å². The van der Waals surface area contributed by atoms with Crippen molar-refractivity contribution in [3.05, 3.63) is 92.9 Å². The zero-order valence-corrected chi connectivity index (χ0v) is 27.3. The third kappa shape index (κ3) is 7.61. The van der Waals surface area contributed by atoms with Crippen molar-refractivity contribution in [2.75, 3.05) is 19.6 Å². The molecule has 0 spiro atoms. The molecule has 2 atom stereocenters. The standard InChI is InChI=1S/C35H39F4N5O4/c1-20(2)12-29(44-19-23(6-10-42-8-5-9-42)26(17-31(44)45)35(37,38)39)34(48)41-27(18-32(46)47)24-15-28(43-11-7-40-30(43)16-24)33-21(3)13-25(36)14-22(33)4/h7,11,13-17,19-20,27,29H,5-6,8-10,12,18H2,1-4H3,(H,41,48)(H,46,47)/t27-,29-/m1/s1. The maximum absolute atomic E-state index is 14.2. The van der Waals surface area contributed by atoms with Gasteiger partial charge in [0.1, 0.15) is 17.5 Å². The van der Waals surface area contributed by atoms with Crippen molar-refractivity contribution in [1.29, 1.82) is 0 Å². The van der Waals surface area contributed by atoms with Crippen LogP contribution in [0.1, 0.15) is 73.0 Å². The van der Waals surface area contributed by atoms with Crippen LogP contribution in [0.2, 0.25) is 0 Å². The van der Waals surface area contributed by atoms with Crippen LogP contribution >= 0.6 is 0 Å². The highest BCUT2D eigenvalue weighted by Crippen LogP contribution is 2.34. The molecule has 0 aliphatic carbocycles. The number of likely N-dealkylation sites (tertiary alicyclic amines) is 1. The fourth-order valence-electron chi connectivity index (χ4n) is 6.42. The molecule has 1 amide bonds. The van der Waals surface area contributed by atoms with Crippen LogP contribution in [0.15, 0.2) is 53.7 Å². The van der Waals surface area contributed by atoms with Gasteiger partial charge in [-0.2, -0.15) is 13.2 Å². The van der Waals surface area contributed by atoms with Gasteiger partial charge in [-0.15, -0.1) is 0 Å². The van der Waals surface area contributed by atoms with Gasteiger partial charge >= 0.3 is 12.1 Å². The van der Waals surface area contributed by atoms with Crippen LogP contribution in [-0.2, 0) is 22.2 Å². The van der Waals surface area contributed by atoms with Crippen molar-refractivity contribution < 1.29 is 32.3 Å². The Hall–Kier alpha value is -4.52. The molecule has 1 saturated heterocycles. The fraction of sp³-hybridized carbons (Fsp3) is 0.429. The first kappa shape index (κ1) is 34.8. The molecule has 4 aromatic rings. The van der Waals surface area contributed by atoms with Gasteiger partial charge < -0.3 is 19.9 Å². The third-order valence-electron chi connectivity index (χ3n) is 8.83. The van der Waals surface area contributed by atoms with Crippen molar-refractivity contribution in [1.82, 2.24) is 24.2 Å². The second-order valence-corrected chi connectivity index (χ2v) is 12.9. The fourth-order valence-corrected chi connectivity index (χ4v) is 6.42. The Morgan fingerprint density at radius 3 is 2.33 bits per heavy atom. The molecule has 9 nitrogen and oxygen atoms in total. The van der Waals surface area contributed by atoms with Crippen LogP contribution in [0, 0.1) is 25.6 Å². The molecule has 0 unspecified atom stereocenters. The number of aliphatic carboxylic acids is 1. The first-order valence-corrected chi connectivity index (χ1v) is 15.9. The summed E-state index contributed by atoms with van der Waals surface area (Å²) in [5, 5.41) is 12.7. The van der Waals surface area contributed by atoms with E-state index < -0.39 is 53.5 Å². The smallest absolute Gasteiger partial charge is 0.416 e. The molecule has 1 fully saturated rings. The summed E-state index contributed by atoms with van der Waals surface area (Å²) >= 11 is 0. The lowest BCUT2D eigenvalue weighted by molar-refractivity contribution is -0.139. The number of amides is 1. The number of carbonyl (C=O) groups is 2. The molecule has 48 heavy (non-hydrogen) atoms. The van der Waals surface area contributed by atoms with Gasteiger partial charge in [0.05, 0.1) is 23.7 Å². The molecule has 1 aromatic carbocycles. The number of rotatable bonds is 12. The molecule has 0 bridgehead atoms. The Bertz CT molecular complexity index is 1870. The number of hydrogen-bond acceptors (Lipinski definition) is 5. The van der Waals surface area contributed by atoms with E-state index in [4.69, 9.17) is 0 Å². The highest BCUT2D eigenvalue weighted by atomic mass is 19.4. The van der Waals surface area contributed by atoms with Crippen LogP contribution in [0.3, 0.4) is 0 Å². The lowest BCUT2D eigenvalue weighted by Gasteiger charge is -2.31. The summed E-state index contributed by atoms with van der Waals surface area (Å²) in [4.78, 5) is 45.8. The third-order valence-corrected chi connectivity index (χ3v) is 8.83. The minimum atomic E-state index is -4.75. The maximum atomic E-state index is 14.2. The average molecular weight is 670 g/mol. The number of hydrogen-bond donors (Lipinski definition) is 2. The largest absolute Gasteiger partial charge is 0.481 e. The summed E-state index contributed by atoms with van der Waals surface area (Å²) in [5.41, 5.74) is 1.37. The van der Waals surface area contributed by atoms with Gasteiger partial charge in [0.25, 0.3) is 5.56 Å². The van der Waals surface area contributed by atoms with Gasteiger partial charge in [-0.05, 0) is 98.6 Å². The van der Waals surface area contributed by atoms with E-state index in [1.165, 1.54) is 12.1 Å². The Kier molecular flexibility index (Phi) is 10.1. The summed E-state index contributed by atoms with van der Waals surface area (Å²) in [6.45, 7) is 9.12. The second-order valence-electron chi connectivity index (χ2n) is 12.9. The Morgan fingerprint density at radius 1 is 1.06 bits per heavy atom. The minimum Gasteiger partial charge on any atom is -0.481 e. The molecule has 5 rings (SSSR count). The number of imidazole rings is 1. The number of carboxylic acid groups (broad SMARTS) is 1.